The van der Waals surface area contributed by atoms with E-state index in [1.165, 1.54) is 25.4 Å². The number of pyridine rings is 2. The number of hydrogen-bond acceptors (Lipinski definition) is 5. The van der Waals surface area contributed by atoms with Gasteiger partial charge in [0.25, 0.3) is 5.91 Å². The van der Waals surface area contributed by atoms with Gasteiger partial charge < -0.3 is 10.1 Å². The molecule has 1 fully saturated rings. The van der Waals surface area contributed by atoms with Crippen molar-refractivity contribution in [2.75, 3.05) is 6.61 Å². The van der Waals surface area contributed by atoms with E-state index in [9.17, 15) is 27.2 Å². The molecule has 0 bridgehead atoms. The van der Waals surface area contributed by atoms with Crippen molar-refractivity contribution >= 4 is 11.7 Å². The van der Waals surface area contributed by atoms with E-state index in [-0.39, 0.29) is 36.5 Å². The number of nitrogens with zero attached hydrogens (tertiary/aromatic N) is 2. The quantitative estimate of drug-likeness (QED) is 0.573. The molecule has 166 valence electrons. The molecule has 0 saturated heterocycles. The number of rotatable bonds is 10. The molecule has 2 heterocycles. The van der Waals surface area contributed by atoms with Gasteiger partial charge in [-0.2, -0.15) is 8.78 Å². The van der Waals surface area contributed by atoms with Crippen LogP contribution < -0.4 is 10.1 Å². The maximum absolute atomic E-state index is 13.0. The van der Waals surface area contributed by atoms with Crippen LogP contribution in [0, 0.1) is 12.8 Å². The van der Waals surface area contributed by atoms with E-state index in [4.69, 9.17) is 4.74 Å². The zero-order chi connectivity index (χ0) is 22.6. The highest BCUT2D eigenvalue weighted by atomic mass is 19.3. The Morgan fingerprint density at radius 3 is 2.65 bits per heavy atom. The second kappa shape index (κ2) is 9.40. The molecule has 1 N–H and O–H groups in total. The predicted molar refractivity (Wildman–Crippen MR) is 102 cm³/mol. The number of carbonyl (C=O) groups is 2. The molecule has 31 heavy (non-hydrogen) atoms. The molecule has 0 spiro atoms. The fourth-order valence-electron chi connectivity index (χ4n) is 2.82. The smallest absolute Gasteiger partial charge is 0.340 e. The van der Waals surface area contributed by atoms with E-state index in [0.29, 0.717) is 22.4 Å². The van der Waals surface area contributed by atoms with Crippen LogP contribution in [0.1, 0.15) is 40.0 Å². The summed E-state index contributed by atoms with van der Waals surface area (Å²) in [6, 6.07) is 4.65. The topological polar surface area (TPSA) is 81.2 Å². The zero-order valence-corrected chi connectivity index (χ0v) is 16.7. The van der Waals surface area contributed by atoms with Crippen molar-refractivity contribution in [3.8, 4) is 5.88 Å². The molecule has 0 radical (unpaired) electrons. The van der Waals surface area contributed by atoms with E-state index in [0.717, 1.165) is 12.8 Å². The number of aryl methyl sites for hydroxylation is 1. The Morgan fingerprint density at radius 1 is 1.26 bits per heavy atom. The summed E-state index contributed by atoms with van der Waals surface area (Å²) in [6.45, 7) is 0.140. The number of alkyl halides is 4. The summed E-state index contributed by atoms with van der Waals surface area (Å²) in [7, 11) is 0. The summed E-state index contributed by atoms with van der Waals surface area (Å²) >= 11 is 0. The Kier molecular flexibility index (Phi) is 6.87. The molecule has 1 aliphatic carbocycles. The Labute approximate surface area is 176 Å². The van der Waals surface area contributed by atoms with E-state index in [2.05, 4.69) is 15.3 Å². The van der Waals surface area contributed by atoms with Crippen molar-refractivity contribution in [1.82, 2.24) is 15.3 Å². The maximum atomic E-state index is 13.0. The molecule has 3 rings (SSSR count). The van der Waals surface area contributed by atoms with Crippen molar-refractivity contribution in [3.05, 3.63) is 53.0 Å². The molecule has 0 aromatic carbocycles. The minimum Gasteiger partial charge on any atom is -0.471 e. The Hall–Kier alpha value is -3.04. The molecule has 0 aliphatic heterocycles. The molecule has 10 heteroatoms. The first-order chi connectivity index (χ1) is 14.7. The Bertz CT molecular complexity index is 965. The number of ketones is 1. The third kappa shape index (κ3) is 6.22. The summed E-state index contributed by atoms with van der Waals surface area (Å²) in [5.41, 5.74) is 1.82. The number of nitrogens with one attached hydrogen (secondary N) is 1. The summed E-state index contributed by atoms with van der Waals surface area (Å²) in [5, 5.41) is 2.70. The first-order valence-electron chi connectivity index (χ1n) is 9.66. The van der Waals surface area contributed by atoms with Crippen LogP contribution >= 0.6 is 0 Å². The maximum Gasteiger partial charge on any atom is 0.340 e. The van der Waals surface area contributed by atoms with Crippen LogP contribution in [-0.4, -0.2) is 40.6 Å². The second-order valence-corrected chi connectivity index (χ2v) is 7.45. The van der Waals surface area contributed by atoms with Crippen LogP contribution in [0.25, 0.3) is 0 Å². The highest BCUT2D eigenvalue weighted by Crippen LogP contribution is 2.30. The lowest BCUT2D eigenvalue weighted by molar-refractivity contribution is -0.148. The standard InChI is InChI=1S/C21H21F4N3O3/c1-12-6-13(10-28-19(12)31-11-21(24,25)20(22)23)9-27-18(30)15-4-5-26-16(7-15)8-17(29)14-2-3-14/h4-7,10,14,20H,2-3,8-9,11H2,1H3,(H,27,30). The van der Waals surface area contributed by atoms with Crippen molar-refractivity contribution in [2.24, 2.45) is 5.92 Å². The van der Waals surface area contributed by atoms with E-state index < -0.39 is 19.0 Å². The SMILES string of the molecule is Cc1cc(CNC(=O)c2ccnc(CC(=O)C3CC3)c2)cnc1OCC(F)(F)C(F)F. The van der Waals surface area contributed by atoms with Gasteiger partial charge in [-0.25, -0.2) is 13.8 Å². The first kappa shape index (κ1) is 22.6. The van der Waals surface area contributed by atoms with Crippen molar-refractivity contribution < 1.29 is 31.9 Å². The average molecular weight is 439 g/mol. The normalized spacial score (nSPS) is 13.9. The van der Waals surface area contributed by atoms with Crippen LogP contribution in [0.15, 0.2) is 30.6 Å². The number of halogens is 4. The fourth-order valence-corrected chi connectivity index (χ4v) is 2.82. The minimum atomic E-state index is -4.27. The fraction of sp³-hybridized carbons (Fsp3) is 0.429. The number of hydrogen-bond donors (Lipinski definition) is 1. The molecule has 1 aliphatic rings. The zero-order valence-electron chi connectivity index (χ0n) is 16.7. The number of amides is 1. The number of Topliss-reactive ketones (excluding diaryl/α,β-unsaturated/α-hetero) is 1. The van der Waals surface area contributed by atoms with Crippen molar-refractivity contribution in [3.63, 3.8) is 0 Å². The largest absolute Gasteiger partial charge is 0.471 e. The number of ether oxygens (including phenoxy) is 1. The Balaban J connectivity index is 1.55. The predicted octanol–water partition coefficient (Wildman–Crippen LogP) is 3.52. The molecular formula is C21H21F4N3O3. The highest BCUT2D eigenvalue weighted by molar-refractivity contribution is 5.94. The van der Waals surface area contributed by atoms with Gasteiger partial charge in [-0.05, 0) is 43.5 Å². The van der Waals surface area contributed by atoms with Crippen LogP contribution in [0.4, 0.5) is 17.6 Å². The van der Waals surface area contributed by atoms with Gasteiger partial charge >= 0.3 is 12.3 Å². The number of aromatic nitrogens is 2. The lowest BCUT2D eigenvalue weighted by Gasteiger charge is -2.16. The minimum absolute atomic E-state index is 0.0960. The third-order valence-electron chi connectivity index (χ3n) is 4.73. The first-order valence-corrected chi connectivity index (χ1v) is 9.66. The van der Waals surface area contributed by atoms with Crippen molar-refractivity contribution in [1.29, 1.82) is 0 Å². The molecule has 1 saturated carbocycles. The van der Waals surface area contributed by atoms with E-state index >= 15 is 0 Å². The van der Waals surface area contributed by atoms with Gasteiger partial charge in [0.05, 0.1) is 0 Å². The summed E-state index contributed by atoms with van der Waals surface area (Å²) < 4.78 is 55.1. The van der Waals surface area contributed by atoms with Crippen LogP contribution in [0.5, 0.6) is 5.88 Å². The molecule has 0 atom stereocenters. The van der Waals surface area contributed by atoms with Gasteiger partial charge in [-0.1, -0.05) is 0 Å². The van der Waals surface area contributed by atoms with Crippen LogP contribution in [0.3, 0.4) is 0 Å². The molecular weight excluding hydrogens is 418 g/mol. The highest BCUT2D eigenvalue weighted by Gasteiger charge is 2.42. The summed E-state index contributed by atoms with van der Waals surface area (Å²) in [6.07, 6.45) is 0.951. The van der Waals surface area contributed by atoms with Gasteiger partial charge in [0.1, 0.15) is 5.78 Å². The summed E-state index contributed by atoms with van der Waals surface area (Å²) in [4.78, 5) is 32.3. The van der Waals surface area contributed by atoms with Crippen molar-refractivity contribution in [2.45, 2.75) is 45.1 Å². The monoisotopic (exact) mass is 439 g/mol. The van der Waals surface area contributed by atoms with Gasteiger partial charge in [0.2, 0.25) is 5.88 Å². The van der Waals surface area contributed by atoms with Gasteiger partial charge in [-0.3, -0.25) is 14.6 Å². The van der Waals surface area contributed by atoms with Gasteiger partial charge in [0.15, 0.2) is 6.61 Å². The van der Waals surface area contributed by atoms with E-state index in [1.807, 2.05) is 0 Å². The summed E-state index contributed by atoms with van der Waals surface area (Å²) in [5.74, 6) is -4.59. The molecule has 0 unspecified atom stereocenters. The molecule has 1 amide bonds. The van der Waals surface area contributed by atoms with Crippen LogP contribution in [-0.2, 0) is 17.8 Å². The van der Waals surface area contributed by atoms with Gasteiger partial charge in [0, 0.05) is 48.1 Å². The second-order valence-electron chi connectivity index (χ2n) is 7.45. The van der Waals surface area contributed by atoms with Crippen LogP contribution in [0.2, 0.25) is 0 Å². The Morgan fingerprint density at radius 2 is 2.00 bits per heavy atom. The lowest BCUT2D eigenvalue weighted by atomic mass is 10.1. The molecule has 6 nitrogen and oxygen atoms in total. The van der Waals surface area contributed by atoms with Gasteiger partial charge in [-0.15, -0.1) is 0 Å². The molecule has 2 aromatic heterocycles. The third-order valence-corrected chi connectivity index (χ3v) is 4.73. The van der Waals surface area contributed by atoms with E-state index in [1.54, 1.807) is 12.1 Å². The molecule has 2 aromatic rings. The average Bonchev–Trinajstić information content (AvgIpc) is 3.57. The number of carbonyl (C=O) groups excluding carboxylic acids is 2. The lowest BCUT2D eigenvalue weighted by Crippen LogP contribution is -2.34.